The maximum Gasteiger partial charge on any atom is 0.283 e. The number of nitrogens with one attached hydrogen (secondary N) is 1. The summed E-state index contributed by atoms with van der Waals surface area (Å²) in [6.07, 6.45) is 2.75. The predicted molar refractivity (Wildman–Crippen MR) is 102 cm³/mol. The largest absolute Gasteiger partial charge is 0.317 e. The molecule has 134 valence electrons. The van der Waals surface area contributed by atoms with Crippen LogP contribution in [-0.4, -0.2) is 19.6 Å². The van der Waals surface area contributed by atoms with Gasteiger partial charge in [0.2, 0.25) is 0 Å². The van der Waals surface area contributed by atoms with Gasteiger partial charge in [0.05, 0.1) is 6.54 Å². The summed E-state index contributed by atoms with van der Waals surface area (Å²) < 4.78 is 14.6. The molecule has 0 aliphatic heterocycles. The van der Waals surface area contributed by atoms with Gasteiger partial charge in [0.25, 0.3) is 5.56 Å². The Bertz CT molecular complexity index is 1160. The highest BCUT2D eigenvalue weighted by atomic mass is 35.5. The molecule has 0 fully saturated rings. The van der Waals surface area contributed by atoms with Crippen molar-refractivity contribution in [1.82, 2.24) is 19.6 Å². The first-order valence-electron chi connectivity index (χ1n) is 8.09. The minimum atomic E-state index is -0.370. The van der Waals surface area contributed by atoms with Gasteiger partial charge in [-0.1, -0.05) is 23.7 Å². The zero-order valence-corrected chi connectivity index (χ0v) is 14.7. The molecule has 0 atom stereocenters. The first kappa shape index (κ1) is 17.1. The molecule has 0 aliphatic rings. The molecule has 1 N–H and O–H groups in total. The summed E-state index contributed by atoms with van der Waals surface area (Å²) in [5.74, 6) is -0.0370. The van der Waals surface area contributed by atoms with E-state index in [-0.39, 0.29) is 22.4 Å². The highest BCUT2D eigenvalue weighted by Crippen LogP contribution is 2.18. The number of benzene rings is 2. The standard InChI is InChI=1S/C19H13ClFN5O/c20-14-5-1-12(2-6-14)9-24-26-18(13-3-7-15(21)8-4-13)25-17-16(19(26)27)10-22-11-23-17/h1-8,10-11,24H,9H2. The summed E-state index contributed by atoms with van der Waals surface area (Å²) in [6.45, 7) is 0.367. The monoisotopic (exact) mass is 381 g/mol. The summed E-state index contributed by atoms with van der Waals surface area (Å²) in [4.78, 5) is 25.4. The van der Waals surface area contributed by atoms with Gasteiger partial charge in [0, 0.05) is 16.8 Å². The Kier molecular flexibility index (Phi) is 4.52. The predicted octanol–water partition coefficient (Wildman–Crippen LogP) is 3.39. The van der Waals surface area contributed by atoms with Crippen LogP contribution in [0.1, 0.15) is 5.56 Å². The molecular weight excluding hydrogens is 369 g/mol. The molecule has 0 aliphatic carbocycles. The third kappa shape index (κ3) is 3.50. The molecule has 0 unspecified atom stereocenters. The molecule has 0 saturated heterocycles. The fourth-order valence-corrected chi connectivity index (χ4v) is 2.77. The molecule has 0 radical (unpaired) electrons. The van der Waals surface area contributed by atoms with Crippen LogP contribution in [0.5, 0.6) is 0 Å². The van der Waals surface area contributed by atoms with Gasteiger partial charge in [-0.25, -0.2) is 24.0 Å². The van der Waals surface area contributed by atoms with Crippen LogP contribution in [-0.2, 0) is 6.54 Å². The maximum absolute atomic E-state index is 13.3. The van der Waals surface area contributed by atoms with Gasteiger partial charge in [-0.15, -0.1) is 0 Å². The zero-order valence-electron chi connectivity index (χ0n) is 13.9. The normalized spacial score (nSPS) is 10.9. The van der Waals surface area contributed by atoms with Crippen LogP contribution >= 0.6 is 11.6 Å². The van der Waals surface area contributed by atoms with Gasteiger partial charge < -0.3 is 5.43 Å². The van der Waals surface area contributed by atoms with E-state index < -0.39 is 0 Å². The maximum atomic E-state index is 13.3. The Morgan fingerprint density at radius 1 is 1.07 bits per heavy atom. The fourth-order valence-electron chi connectivity index (χ4n) is 2.64. The van der Waals surface area contributed by atoms with Crippen LogP contribution < -0.4 is 11.0 Å². The van der Waals surface area contributed by atoms with Crippen molar-refractivity contribution in [2.75, 3.05) is 5.43 Å². The zero-order chi connectivity index (χ0) is 18.8. The quantitative estimate of drug-likeness (QED) is 0.586. The molecule has 0 bridgehead atoms. The van der Waals surface area contributed by atoms with Gasteiger partial charge >= 0.3 is 0 Å². The molecule has 8 heteroatoms. The lowest BCUT2D eigenvalue weighted by Crippen LogP contribution is -2.31. The Morgan fingerprint density at radius 2 is 1.81 bits per heavy atom. The Balaban J connectivity index is 1.82. The summed E-state index contributed by atoms with van der Waals surface area (Å²) in [5, 5.41) is 0.916. The Morgan fingerprint density at radius 3 is 2.56 bits per heavy atom. The van der Waals surface area contributed by atoms with E-state index in [2.05, 4.69) is 20.4 Å². The van der Waals surface area contributed by atoms with Crippen molar-refractivity contribution in [3.63, 3.8) is 0 Å². The van der Waals surface area contributed by atoms with E-state index in [1.165, 1.54) is 29.3 Å². The smallest absolute Gasteiger partial charge is 0.283 e. The molecule has 4 rings (SSSR count). The summed E-state index contributed by atoms with van der Waals surface area (Å²) in [6, 6.07) is 13.0. The van der Waals surface area contributed by atoms with Crippen molar-refractivity contribution in [3.05, 3.63) is 87.8 Å². The molecule has 0 amide bonds. The van der Waals surface area contributed by atoms with Gasteiger partial charge in [-0.2, -0.15) is 0 Å². The molecular formula is C19H13ClFN5O. The van der Waals surface area contributed by atoms with E-state index in [4.69, 9.17) is 11.6 Å². The number of hydrogen-bond donors (Lipinski definition) is 1. The lowest BCUT2D eigenvalue weighted by Gasteiger charge is -2.15. The van der Waals surface area contributed by atoms with E-state index in [0.717, 1.165) is 5.56 Å². The Labute approximate surface area is 158 Å². The molecule has 2 aromatic heterocycles. The number of aromatic nitrogens is 4. The number of rotatable bonds is 4. The molecule has 2 heterocycles. The van der Waals surface area contributed by atoms with Crippen LogP contribution in [0.2, 0.25) is 5.02 Å². The second-order valence-electron chi connectivity index (χ2n) is 5.80. The first-order valence-corrected chi connectivity index (χ1v) is 8.46. The van der Waals surface area contributed by atoms with Crippen molar-refractivity contribution < 1.29 is 4.39 Å². The fraction of sp³-hybridized carbons (Fsp3) is 0.0526. The minimum Gasteiger partial charge on any atom is -0.317 e. The minimum absolute atomic E-state index is 0.277. The average molecular weight is 382 g/mol. The molecule has 2 aromatic carbocycles. The van der Waals surface area contributed by atoms with Crippen molar-refractivity contribution in [2.24, 2.45) is 0 Å². The second-order valence-corrected chi connectivity index (χ2v) is 6.24. The molecule has 0 spiro atoms. The van der Waals surface area contributed by atoms with E-state index in [9.17, 15) is 9.18 Å². The second kappa shape index (κ2) is 7.13. The topological polar surface area (TPSA) is 72.7 Å². The van der Waals surface area contributed by atoms with E-state index in [0.29, 0.717) is 23.0 Å². The van der Waals surface area contributed by atoms with Crippen LogP contribution in [0.25, 0.3) is 22.4 Å². The molecule has 27 heavy (non-hydrogen) atoms. The summed E-state index contributed by atoms with van der Waals surface area (Å²) in [5.41, 5.74) is 4.52. The highest BCUT2D eigenvalue weighted by molar-refractivity contribution is 6.30. The number of hydrogen-bond acceptors (Lipinski definition) is 5. The van der Waals surface area contributed by atoms with Crippen molar-refractivity contribution in [3.8, 4) is 11.4 Å². The number of halogens is 2. The summed E-state index contributed by atoms with van der Waals surface area (Å²) in [7, 11) is 0. The summed E-state index contributed by atoms with van der Waals surface area (Å²) >= 11 is 5.91. The average Bonchev–Trinajstić information content (AvgIpc) is 2.69. The van der Waals surface area contributed by atoms with Crippen molar-refractivity contribution >= 4 is 22.6 Å². The van der Waals surface area contributed by atoms with E-state index in [1.54, 1.807) is 24.3 Å². The number of nitrogens with zero attached hydrogens (tertiary/aromatic N) is 4. The SMILES string of the molecule is O=c1c2cncnc2nc(-c2ccc(F)cc2)n1NCc1ccc(Cl)cc1. The molecule has 6 nitrogen and oxygen atoms in total. The van der Waals surface area contributed by atoms with Crippen LogP contribution in [0.15, 0.2) is 65.8 Å². The van der Waals surface area contributed by atoms with Crippen molar-refractivity contribution in [1.29, 1.82) is 0 Å². The van der Waals surface area contributed by atoms with Crippen molar-refractivity contribution in [2.45, 2.75) is 6.54 Å². The molecule has 4 aromatic rings. The molecule has 0 saturated carbocycles. The lowest BCUT2D eigenvalue weighted by molar-refractivity contribution is 0.628. The third-order valence-corrected chi connectivity index (χ3v) is 4.26. The van der Waals surface area contributed by atoms with Gasteiger partial charge in [-0.3, -0.25) is 4.79 Å². The first-order chi connectivity index (χ1) is 13.1. The van der Waals surface area contributed by atoms with Gasteiger partial charge in [-0.05, 0) is 42.0 Å². The van der Waals surface area contributed by atoms with E-state index >= 15 is 0 Å². The van der Waals surface area contributed by atoms with Crippen LogP contribution in [0.3, 0.4) is 0 Å². The van der Waals surface area contributed by atoms with E-state index in [1.807, 2.05) is 12.1 Å². The highest BCUT2D eigenvalue weighted by Gasteiger charge is 2.14. The van der Waals surface area contributed by atoms with Crippen LogP contribution in [0, 0.1) is 5.82 Å². The van der Waals surface area contributed by atoms with Gasteiger partial charge in [0.1, 0.15) is 17.5 Å². The van der Waals surface area contributed by atoms with Gasteiger partial charge in [0.15, 0.2) is 11.5 Å². The Hall–Kier alpha value is -3.32. The van der Waals surface area contributed by atoms with Crippen LogP contribution in [0.4, 0.5) is 4.39 Å². The number of fused-ring (bicyclic) bond motifs is 1. The lowest BCUT2D eigenvalue weighted by atomic mass is 10.2. The third-order valence-electron chi connectivity index (χ3n) is 4.01.